The van der Waals surface area contributed by atoms with Crippen LogP contribution in [0.25, 0.3) is 0 Å². The van der Waals surface area contributed by atoms with Crippen LogP contribution >= 0.6 is 0 Å². The van der Waals surface area contributed by atoms with Crippen molar-refractivity contribution in [2.75, 3.05) is 31.3 Å². The molecule has 9 heteroatoms. The summed E-state index contributed by atoms with van der Waals surface area (Å²) in [6.45, 7) is 1.85. The molecule has 3 aromatic rings. The molecule has 1 aliphatic carbocycles. The van der Waals surface area contributed by atoms with Crippen LogP contribution in [0, 0.1) is 0 Å². The number of rotatable bonds is 6. The number of nitrogens with one attached hydrogen (secondary N) is 2. The fourth-order valence-corrected chi connectivity index (χ4v) is 4.74. The number of fused-ring (bicyclic) bond motifs is 2. The number of nitrogens with two attached hydrogens (primary N) is 1. The van der Waals surface area contributed by atoms with Gasteiger partial charge in [0.15, 0.2) is 0 Å². The van der Waals surface area contributed by atoms with Crippen molar-refractivity contribution in [1.82, 2.24) is 14.9 Å². The Labute approximate surface area is 198 Å². The maximum absolute atomic E-state index is 12.1. The SMILES string of the molecule is COc1cc2c(cc1Nc1ncc(C(N)=O)c(N[C@@H]3c4ccccc4C[C@@H]3O)n1)CN(C)CC2. The molecule has 0 saturated carbocycles. The lowest BCUT2D eigenvalue weighted by molar-refractivity contribution is 0.1000. The lowest BCUT2D eigenvalue weighted by Crippen LogP contribution is -2.26. The molecule has 1 amide bonds. The second kappa shape index (κ2) is 8.92. The smallest absolute Gasteiger partial charge is 0.254 e. The highest BCUT2D eigenvalue weighted by Gasteiger charge is 2.32. The summed E-state index contributed by atoms with van der Waals surface area (Å²) in [5, 5.41) is 17.1. The van der Waals surface area contributed by atoms with Gasteiger partial charge in [0.2, 0.25) is 5.95 Å². The van der Waals surface area contributed by atoms with Gasteiger partial charge in [0.1, 0.15) is 11.6 Å². The van der Waals surface area contributed by atoms with E-state index in [4.69, 9.17) is 10.5 Å². The van der Waals surface area contributed by atoms with Crippen molar-refractivity contribution < 1.29 is 14.6 Å². The van der Waals surface area contributed by atoms with E-state index in [1.165, 1.54) is 17.3 Å². The predicted octanol–water partition coefficient (Wildman–Crippen LogP) is 2.39. The van der Waals surface area contributed by atoms with E-state index < -0.39 is 18.1 Å². The average Bonchev–Trinajstić information content (AvgIpc) is 3.13. The Bertz CT molecular complexity index is 1250. The van der Waals surface area contributed by atoms with Crippen molar-refractivity contribution >= 4 is 23.4 Å². The summed E-state index contributed by atoms with van der Waals surface area (Å²) in [5.41, 5.74) is 11.0. The third-order valence-corrected chi connectivity index (χ3v) is 6.52. The number of aliphatic hydroxyl groups excluding tert-OH is 1. The number of carbonyl (C=O) groups excluding carboxylic acids is 1. The first-order chi connectivity index (χ1) is 16.4. The molecule has 0 unspecified atom stereocenters. The molecule has 34 heavy (non-hydrogen) atoms. The Hall–Kier alpha value is -3.69. The lowest BCUT2D eigenvalue weighted by atomic mass is 9.99. The highest BCUT2D eigenvalue weighted by Crippen LogP contribution is 2.36. The quantitative estimate of drug-likeness (QED) is 0.442. The molecule has 0 saturated heterocycles. The zero-order valence-electron chi connectivity index (χ0n) is 19.2. The first-order valence-corrected chi connectivity index (χ1v) is 11.3. The number of aromatic nitrogens is 2. The third-order valence-electron chi connectivity index (χ3n) is 6.52. The fraction of sp³-hybridized carbons (Fsp3) is 0.320. The molecule has 0 spiro atoms. The number of nitrogens with zero attached hydrogens (tertiary/aromatic N) is 3. The second-order valence-electron chi connectivity index (χ2n) is 8.85. The Morgan fingerprint density at radius 2 is 2.06 bits per heavy atom. The predicted molar refractivity (Wildman–Crippen MR) is 129 cm³/mol. The molecule has 0 radical (unpaired) electrons. The van der Waals surface area contributed by atoms with E-state index in [9.17, 15) is 9.90 Å². The van der Waals surface area contributed by atoms with Gasteiger partial charge in [-0.3, -0.25) is 4.79 Å². The van der Waals surface area contributed by atoms with Gasteiger partial charge < -0.3 is 31.1 Å². The molecule has 2 atom stereocenters. The van der Waals surface area contributed by atoms with Gasteiger partial charge >= 0.3 is 0 Å². The fourth-order valence-electron chi connectivity index (χ4n) is 4.74. The van der Waals surface area contributed by atoms with Crippen molar-refractivity contribution in [2.24, 2.45) is 5.73 Å². The van der Waals surface area contributed by atoms with Crippen molar-refractivity contribution in [2.45, 2.75) is 31.5 Å². The molecule has 1 aromatic heterocycles. The molecule has 9 nitrogen and oxygen atoms in total. The number of benzene rings is 2. The lowest BCUT2D eigenvalue weighted by Gasteiger charge is -2.26. The van der Waals surface area contributed by atoms with Crippen LogP contribution in [-0.2, 0) is 19.4 Å². The van der Waals surface area contributed by atoms with Gasteiger partial charge in [-0.1, -0.05) is 24.3 Å². The average molecular weight is 461 g/mol. The second-order valence-corrected chi connectivity index (χ2v) is 8.85. The van der Waals surface area contributed by atoms with Crippen LogP contribution < -0.4 is 21.1 Å². The van der Waals surface area contributed by atoms with E-state index in [1.807, 2.05) is 30.3 Å². The van der Waals surface area contributed by atoms with Gasteiger partial charge in [0.05, 0.1) is 30.5 Å². The minimum atomic E-state index is -0.651. The zero-order chi connectivity index (χ0) is 23.8. The highest BCUT2D eigenvalue weighted by atomic mass is 16.5. The van der Waals surface area contributed by atoms with Gasteiger partial charge in [0, 0.05) is 25.7 Å². The number of likely N-dealkylation sites (N-methyl/N-ethyl adjacent to an activating group) is 1. The summed E-state index contributed by atoms with van der Waals surface area (Å²) in [6, 6.07) is 11.5. The third kappa shape index (κ3) is 4.15. The molecule has 2 aliphatic rings. The summed E-state index contributed by atoms with van der Waals surface area (Å²) in [6.07, 6.45) is 2.23. The molecule has 176 valence electrons. The maximum atomic E-state index is 12.1. The number of anilines is 3. The summed E-state index contributed by atoms with van der Waals surface area (Å²) in [4.78, 5) is 23.2. The van der Waals surface area contributed by atoms with Gasteiger partial charge in [-0.2, -0.15) is 4.98 Å². The van der Waals surface area contributed by atoms with Crippen LogP contribution in [-0.4, -0.2) is 52.7 Å². The van der Waals surface area contributed by atoms with Crippen LogP contribution in [0.5, 0.6) is 5.75 Å². The first kappa shape index (κ1) is 22.1. The summed E-state index contributed by atoms with van der Waals surface area (Å²) in [5.74, 6) is 0.600. The Balaban J connectivity index is 1.47. The van der Waals surface area contributed by atoms with Crippen LogP contribution in [0.4, 0.5) is 17.5 Å². The standard InChI is InChI=1S/C25H28N6O3/c1-31-8-7-14-11-21(34-2)19(9-16(14)13-31)28-25-27-12-18(23(26)33)24(30-25)29-22-17-6-4-3-5-15(17)10-20(22)32/h3-6,9,11-12,20,22,32H,7-8,10,13H2,1-2H3,(H2,26,33)(H2,27,28,29,30)/t20-,22+/m0/s1. The van der Waals surface area contributed by atoms with Crippen LogP contribution in [0.15, 0.2) is 42.6 Å². The molecule has 2 aromatic carbocycles. The van der Waals surface area contributed by atoms with Gasteiger partial charge in [-0.25, -0.2) is 4.98 Å². The number of hydrogen-bond donors (Lipinski definition) is 4. The Morgan fingerprint density at radius 1 is 1.24 bits per heavy atom. The molecule has 2 heterocycles. The maximum Gasteiger partial charge on any atom is 0.254 e. The molecule has 5 rings (SSSR count). The number of hydrogen-bond acceptors (Lipinski definition) is 8. The van der Waals surface area contributed by atoms with Gasteiger partial charge in [-0.05, 0) is 47.9 Å². The topological polar surface area (TPSA) is 126 Å². The van der Waals surface area contributed by atoms with Crippen LogP contribution in [0.2, 0.25) is 0 Å². The molecular weight excluding hydrogens is 432 g/mol. The van der Waals surface area contributed by atoms with E-state index >= 15 is 0 Å². The van der Waals surface area contributed by atoms with Crippen molar-refractivity contribution in [3.63, 3.8) is 0 Å². The van der Waals surface area contributed by atoms with Gasteiger partial charge in [-0.15, -0.1) is 0 Å². The van der Waals surface area contributed by atoms with Crippen molar-refractivity contribution in [3.8, 4) is 5.75 Å². The van der Waals surface area contributed by atoms with E-state index in [2.05, 4.69) is 38.6 Å². The zero-order valence-corrected chi connectivity index (χ0v) is 19.2. The molecule has 0 bridgehead atoms. The van der Waals surface area contributed by atoms with Crippen LogP contribution in [0.1, 0.15) is 38.7 Å². The van der Waals surface area contributed by atoms with Crippen molar-refractivity contribution in [3.05, 3.63) is 70.4 Å². The van der Waals surface area contributed by atoms with Crippen molar-refractivity contribution in [1.29, 1.82) is 0 Å². The van der Waals surface area contributed by atoms with Gasteiger partial charge in [0.25, 0.3) is 5.91 Å². The first-order valence-electron chi connectivity index (χ1n) is 11.3. The highest BCUT2D eigenvalue weighted by molar-refractivity contribution is 5.97. The summed E-state index contributed by atoms with van der Waals surface area (Å²) < 4.78 is 5.61. The number of methoxy groups -OCH3 is 1. The minimum Gasteiger partial charge on any atom is -0.495 e. The summed E-state index contributed by atoms with van der Waals surface area (Å²) in [7, 11) is 3.73. The number of primary amides is 1. The normalized spacial score (nSPS) is 19.3. The summed E-state index contributed by atoms with van der Waals surface area (Å²) >= 11 is 0. The van der Waals surface area contributed by atoms with Crippen LogP contribution in [0.3, 0.4) is 0 Å². The van der Waals surface area contributed by atoms with E-state index in [0.717, 1.165) is 36.3 Å². The molecule has 5 N–H and O–H groups in total. The molecule has 1 aliphatic heterocycles. The number of amides is 1. The monoisotopic (exact) mass is 460 g/mol. The molecule has 0 fully saturated rings. The number of aliphatic hydroxyl groups is 1. The van der Waals surface area contributed by atoms with E-state index in [0.29, 0.717) is 12.2 Å². The Morgan fingerprint density at radius 3 is 2.85 bits per heavy atom. The van der Waals surface area contributed by atoms with E-state index in [-0.39, 0.29) is 17.3 Å². The minimum absolute atomic E-state index is 0.154. The number of ether oxygens (including phenoxy) is 1. The van der Waals surface area contributed by atoms with E-state index in [1.54, 1.807) is 7.11 Å². The largest absolute Gasteiger partial charge is 0.495 e. The Kier molecular flexibility index (Phi) is 5.80. The number of carbonyl (C=O) groups is 1. The molecular formula is C25H28N6O3.